The third-order valence-corrected chi connectivity index (χ3v) is 6.23. The molecule has 0 bridgehead atoms. The molecule has 1 fully saturated rings. The minimum Gasteiger partial charge on any atom is -0.497 e. The van der Waals surface area contributed by atoms with Crippen LogP contribution >= 0.6 is 0 Å². The number of methoxy groups -OCH3 is 2. The summed E-state index contributed by atoms with van der Waals surface area (Å²) in [5, 5.41) is 2.80. The molecule has 4 rings (SSSR count). The first kappa shape index (κ1) is 21.1. The first-order valence-corrected chi connectivity index (χ1v) is 11.5. The fourth-order valence-electron chi connectivity index (χ4n) is 4.10. The van der Waals surface area contributed by atoms with Gasteiger partial charge in [0, 0.05) is 24.2 Å². The Morgan fingerprint density at radius 3 is 2.52 bits per heavy atom. The largest absolute Gasteiger partial charge is 0.497 e. The van der Waals surface area contributed by atoms with E-state index in [9.17, 15) is 18.0 Å². The number of sulfonamides is 1. The Kier molecular flexibility index (Phi) is 5.36. The molecule has 164 valence electrons. The number of hydrogen-bond acceptors (Lipinski definition) is 6. The highest BCUT2D eigenvalue weighted by Gasteiger charge is 2.43. The van der Waals surface area contributed by atoms with E-state index in [0.29, 0.717) is 22.7 Å². The van der Waals surface area contributed by atoms with E-state index < -0.39 is 22.1 Å². The Bertz CT molecular complexity index is 1160. The highest BCUT2D eigenvalue weighted by atomic mass is 32.2. The second-order valence-electron chi connectivity index (χ2n) is 7.61. The van der Waals surface area contributed by atoms with Crippen LogP contribution in [0.5, 0.6) is 11.5 Å². The summed E-state index contributed by atoms with van der Waals surface area (Å²) in [6, 6.07) is 9.35. The number of carbonyl (C=O) groups excluding carboxylic acids is 2. The molecule has 2 aliphatic heterocycles. The number of amides is 2. The van der Waals surface area contributed by atoms with E-state index in [4.69, 9.17) is 9.47 Å². The van der Waals surface area contributed by atoms with Crippen molar-refractivity contribution < 1.29 is 27.5 Å². The van der Waals surface area contributed by atoms with Gasteiger partial charge in [-0.15, -0.1) is 0 Å². The van der Waals surface area contributed by atoms with E-state index in [2.05, 4.69) is 10.0 Å². The van der Waals surface area contributed by atoms with Gasteiger partial charge in [0.15, 0.2) is 0 Å². The molecule has 2 amide bonds. The van der Waals surface area contributed by atoms with Crippen LogP contribution in [-0.2, 0) is 14.8 Å². The van der Waals surface area contributed by atoms with E-state index in [1.807, 2.05) is 6.07 Å². The molecule has 0 saturated carbocycles. The van der Waals surface area contributed by atoms with Crippen LogP contribution < -0.4 is 19.5 Å². The SMILES string of the molecule is COc1ccc(-c2ccc3c(c2)C(=O)N2C[C@@H](NS(C)(=O)=O)C[C@H]2C(=O)N3)c(OC)c1. The summed E-state index contributed by atoms with van der Waals surface area (Å²) in [5.74, 6) is 0.564. The summed E-state index contributed by atoms with van der Waals surface area (Å²) < 4.78 is 36.4. The minimum absolute atomic E-state index is 0.125. The predicted molar refractivity (Wildman–Crippen MR) is 115 cm³/mol. The van der Waals surface area contributed by atoms with Crippen molar-refractivity contribution >= 4 is 27.5 Å². The zero-order valence-electron chi connectivity index (χ0n) is 17.3. The normalized spacial score (nSPS) is 20.5. The molecule has 0 radical (unpaired) electrons. The van der Waals surface area contributed by atoms with E-state index in [1.165, 1.54) is 4.90 Å². The van der Waals surface area contributed by atoms with Crippen molar-refractivity contribution in [2.75, 3.05) is 32.3 Å². The molecule has 2 aliphatic rings. The fraction of sp³-hybridized carbons (Fsp3) is 0.333. The Labute approximate surface area is 180 Å². The van der Waals surface area contributed by atoms with Crippen molar-refractivity contribution in [3.8, 4) is 22.6 Å². The summed E-state index contributed by atoms with van der Waals surface area (Å²) in [6.45, 7) is 0.125. The number of carbonyl (C=O) groups is 2. The van der Waals surface area contributed by atoms with Gasteiger partial charge in [-0.1, -0.05) is 6.07 Å². The molecular weight excluding hydrogens is 422 g/mol. The van der Waals surface area contributed by atoms with Gasteiger partial charge >= 0.3 is 0 Å². The highest BCUT2D eigenvalue weighted by Crippen LogP contribution is 2.37. The lowest BCUT2D eigenvalue weighted by atomic mass is 10.00. The number of nitrogens with one attached hydrogen (secondary N) is 2. The van der Waals surface area contributed by atoms with Crippen LogP contribution in [0.25, 0.3) is 11.1 Å². The first-order chi connectivity index (χ1) is 14.7. The van der Waals surface area contributed by atoms with E-state index >= 15 is 0 Å². The van der Waals surface area contributed by atoms with E-state index in [-0.39, 0.29) is 24.8 Å². The van der Waals surface area contributed by atoms with E-state index in [0.717, 1.165) is 17.4 Å². The summed E-state index contributed by atoms with van der Waals surface area (Å²) in [7, 11) is -0.337. The molecule has 0 aromatic heterocycles. The zero-order chi connectivity index (χ0) is 22.3. The van der Waals surface area contributed by atoms with Crippen molar-refractivity contribution in [2.24, 2.45) is 0 Å². The van der Waals surface area contributed by atoms with Crippen molar-refractivity contribution in [1.29, 1.82) is 0 Å². The van der Waals surface area contributed by atoms with Gasteiger partial charge in [0.1, 0.15) is 17.5 Å². The summed E-state index contributed by atoms with van der Waals surface area (Å²) in [4.78, 5) is 27.5. The monoisotopic (exact) mass is 445 g/mol. The molecule has 2 aromatic carbocycles. The number of benzene rings is 2. The van der Waals surface area contributed by atoms with Gasteiger partial charge in [0.05, 0.1) is 31.7 Å². The lowest BCUT2D eigenvalue weighted by Crippen LogP contribution is -2.41. The maximum Gasteiger partial charge on any atom is 0.256 e. The summed E-state index contributed by atoms with van der Waals surface area (Å²) >= 11 is 0. The van der Waals surface area contributed by atoms with Gasteiger partial charge in [-0.05, 0) is 36.2 Å². The maximum atomic E-state index is 13.3. The van der Waals surface area contributed by atoms with Crippen molar-refractivity contribution in [3.05, 3.63) is 42.0 Å². The van der Waals surface area contributed by atoms with Crippen molar-refractivity contribution in [2.45, 2.75) is 18.5 Å². The van der Waals surface area contributed by atoms with Crippen LogP contribution in [0.2, 0.25) is 0 Å². The van der Waals surface area contributed by atoms with Crippen LogP contribution in [0.3, 0.4) is 0 Å². The summed E-state index contributed by atoms with van der Waals surface area (Å²) in [6.07, 6.45) is 1.28. The van der Waals surface area contributed by atoms with E-state index in [1.54, 1.807) is 44.6 Å². The Balaban J connectivity index is 1.71. The van der Waals surface area contributed by atoms with Crippen LogP contribution in [0.15, 0.2) is 36.4 Å². The smallest absolute Gasteiger partial charge is 0.256 e. The molecule has 2 aromatic rings. The third kappa shape index (κ3) is 4.08. The van der Waals surface area contributed by atoms with Crippen LogP contribution in [0, 0.1) is 0 Å². The number of anilines is 1. The standard InChI is InChI=1S/C21H23N3O6S/c1-29-14-5-6-15(19(10-14)30-2)12-4-7-17-16(8-12)21(26)24-11-13(23-31(3,27)28)9-18(24)20(25)22-17/h4-8,10,13,18,23H,9,11H2,1-3H3,(H,22,25)/t13-,18-/m0/s1. The van der Waals surface area contributed by atoms with Gasteiger partial charge in [-0.2, -0.15) is 0 Å². The van der Waals surface area contributed by atoms with Gasteiger partial charge in [-0.25, -0.2) is 13.1 Å². The van der Waals surface area contributed by atoms with Crippen LogP contribution in [0.4, 0.5) is 5.69 Å². The maximum absolute atomic E-state index is 13.3. The van der Waals surface area contributed by atoms with Gasteiger partial charge in [0.25, 0.3) is 5.91 Å². The number of hydrogen-bond donors (Lipinski definition) is 2. The van der Waals surface area contributed by atoms with Crippen LogP contribution in [0.1, 0.15) is 16.8 Å². The second-order valence-corrected chi connectivity index (χ2v) is 9.39. The molecule has 2 N–H and O–H groups in total. The Morgan fingerprint density at radius 1 is 1.06 bits per heavy atom. The summed E-state index contributed by atoms with van der Waals surface area (Å²) in [5.41, 5.74) is 2.27. The van der Waals surface area contributed by atoms with Crippen LogP contribution in [-0.4, -0.2) is 64.2 Å². The topological polar surface area (TPSA) is 114 Å². The molecule has 0 spiro atoms. The molecule has 10 heteroatoms. The third-order valence-electron chi connectivity index (χ3n) is 5.47. The average molecular weight is 445 g/mol. The number of fused-ring (bicyclic) bond motifs is 2. The first-order valence-electron chi connectivity index (χ1n) is 9.65. The zero-order valence-corrected chi connectivity index (χ0v) is 18.2. The number of ether oxygens (including phenoxy) is 2. The Hall–Kier alpha value is -3.11. The fourth-order valence-corrected chi connectivity index (χ4v) is 4.88. The molecular formula is C21H23N3O6S. The lowest BCUT2D eigenvalue weighted by molar-refractivity contribution is -0.119. The molecule has 0 unspecified atom stereocenters. The molecule has 0 aliphatic carbocycles. The molecule has 1 saturated heterocycles. The quantitative estimate of drug-likeness (QED) is 0.720. The number of rotatable bonds is 5. The van der Waals surface area contributed by atoms with Gasteiger partial charge < -0.3 is 19.7 Å². The highest BCUT2D eigenvalue weighted by molar-refractivity contribution is 7.88. The molecule has 2 atom stereocenters. The molecule has 9 nitrogen and oxygen atoms in total. The average Bonchev–Trinajstić information content (AvgIpc) is 3.11. The molecule has 31 heavy (non-hydrogen) atoms. The predicted octanol–water partition coefficient (Wildman–Crippen LogP) is 1.46. The van der Waals surface area contributed by atoms with Crippen molar-refractivity contribution in [1.82, 2.24) is 9.62 Å². The van der Waals surface area contributed by atoms with Gasteiger partial charge in [-0.3, -0.25) is 9.59 Å². The molecule has 2 heterocycles. The van der Waals surface area contributed by atoms with Gasteiger partial charge in [0.2, 0.25) is 15.9 Å². The number of nitrogens with zero attached hydrogens (tertiary/aromatic N) is 1. The van der Waals surface area contributed by atoms with Crippen molar-refractivity contribution in [3.63, 3.8) is 0 Å². The second kappa shape index (κ2) is 7.86. The lowest BCUT2D eigenvalue weighted by Gasteiger charge is -2.20. The Morgan fingerprint density at radius 2 is 1.84 bits per heavy atom. The minimum atomic E-state index is -3.46.